The highest BCUT2D eigenvalue weighted by Crippen LogP contribution is 2.25. The van der Waals surface area contributed by atoms with Crippen molar-refractivity contribution in [2.75, 3.05) is 34.5 Å². The molecular weight excluding hydrogens is 362 g/mol. The van der Waals surface area contributed by atoms with E-state index in [1.807, 2.05) is 31.4 Å². The normalized spacial score (nSPS) is 11.8. The molecule has 2 aromatic rings. The molecule has 7 nitrogen and oxygen atoms in total. The number of ether oxygens (including phenoxy) is 4. The van der Waals surface area contributed by atoms with E-state index in [-0.39, 0.29) is 24.0 Å². The van der Waals surface area contributed by atoms with Crippen LogP contribution in [0.15, 0.2) is 24.3 Å². The maximum absolute atomic E-state index is 12.6. The fraction of sp³-hybridized carbons (Fsp3) is 0.429. The Morgan fingerprint density at radius 2 is 1.75 bits per heavy atom. The van der Waals surface area contributed by atoms with Gasteiger partial charge >= 0.3 is 5.97 Å². The van der Waals surface area contributed by atoms with Gasteiger partial charge in [-0.2, -0.15) is 0 Å². The van der Waals surface area contributed by atoms with Crippen LogP contribution in [-0.2, 0) is 9.47 Å². The zero-order chi connectivity index (χ0) is 20.8. The Bertz CT molecular complexity index is 855. The van der Waals surface area contributed by atoms with Crippen molar-refractivity contribution >= 4 is 11.8 Å². The maximum atomic E-state index is 12.6. The van der Waals surface area contributed by atoms with Crippen molar-refractivity contribution in [2.45, 2.75) is 26.8 Å². The number of esters is 1. The molecule has 0 saturated heterocycles. The molecule has 152 valence electrons. The Morgan fingerprint density at radius 1 is 1.04 bits per heavy atom. The van der Waals surface area contributed by atoms with E-state index in [2.05, 4.69) is 0 Å². The summed E-state index contributed by atoms with van der Waals surface area (Å²) in [5, 5.41) is 0. The summed E-state index contributed by atoms with van der Waals surface area (Å²) in [4.78, 5) is 25.1. The number of carbonyl (C=O) groups excluding carboxylic acids is 2. The van der Waals surface area contributed by atoms with Gasteiger partial charge < -0.3 is 23.5 Å². The first-order valence-corrected chi connectivity index (χ1v) is 8.93. The zero-order valence-electron chi connectivity index (χ0n) is 17.2. The lowest BCUT2D eigenvalue weighted by Gasteiger charge is -2.17. The number of benzene rings is 1. The number of methoxy groups -OCH3 is 3. The zero-order valence-corrected chi connectivity index (χ0v) is 17.2. The van der Waals surface area contributed by atoms with Crippen molar-refractivity contribution in [3.63, 3.8) is 0 Å². The van der Waals surface area contributed by atoms with Gasteiger partial charge in [-0.15, -0.1) is 0 Å². The fourth-order valence-corrected chi connectivity index (χ4v) is 3.31. The molecule has 0 fully saturated rings. The van der Waals surface area contributed by atoms with Gasteiger partial charge in [-0.3, -0.25) is 4.79 Å². The number of hydrogen-bond donors (Lipinski definition) is 0. The average molecular weight is 389 g/mol. The van der Waals surface area contributed by atoms with Crippen molar-refractivity contribution in [3.05, 3.63) is 46.8 Å². The summed E-state index contributed by atoms with van der Waals surface area (Å²) in [6, 6.07) is 6.71. The fourth-order valence-electron chi connectivity index (χ4n) is 3.31. The van der Waals surface area contributed by atoms with Gasteiger partial charge in [-0.05, 0) is 45.0 Å². The van der Waals surface area contributed by atoms with E-state index in [1.54, 1.807) is 19.2 Å². The lowest BCUT2D eigenvalue weighted by Crippen LogP contribution is -2.17. The Labute approximate surface area is 165 Å². The molecule has 1 aromatic heterocycles. The molecule has 0 aliphatic carbocycles. The summed E-state index contributed by atoms with van der Waals surface area (Å²) >= 11 is 0. The van der Waals surface area contributed by atoms with Gasteiger partial charge in [-0.1, -0.05) is 0 Å². The van der Waals surface area contributed by atoms with Crippen LogP contribution in [0.25, 0.3) is 0 Å². The second-order valence-electron chi connectivity index (χ2n) is 6.52. The Morgan fingerprint density at radius 3 is 2.36 bits per heavy atom. The van der Waals surface area contributed by atoms with Crippen molar-refractivity contribution in [3.8, 4) is 11.5 Å². The Hall–Kier alpha value is -2.80. The minimum atomic E-state index is -0.648. The minimum absolute atomic E-state index is 0.0927. The number of carbonyl (C=O) groups is 2. The number of rotatable bonds is 9. The Kier molecular flexibility index (Phi) is 7.23. The summed E-state index contributed by atoms with van der Waals surface area (Å²) in [5.74, 6) is -0.0654. The summed E-state index contributed by atoms with van der Waals surface area (Å²) in [6.45, 7) is 6.01. The van der Waals surface area contributed by atoms with Gasteiger partial charge in [0.1, 0.15) is 17.1 Å². The van der Waals surface area contributed by atoms with Crippen molar-refractivity contribution in [1.82, 2.24) is 4.57 Å². The number of nitrogens with zero attached hydrogens (tertiary/aromatic N) is 1. The van der Waals surface area contributed by atoms with E-state index in [0.29, 0.717) is 23.7 Å². The highest BCUT2D eigenvalue weighted by Gasteiger charge is 2.21. The van der Waals surface area contributed by atoms with Crippen LogP contribution in [0.4, 0.5) is 0 Å². The van der Waals surface area contributed by atoms with Crippen LogP contribution in [0, 0.1) is 13.8 Å². The quantitative estimate of drug-likeness (QED) is 0.483. The molecule has 1 heterocycles. The number of aryl methyl sites for hydroxylation is 1. The van der Waals surface area contributed by atoms with Gasteiger partial charge in [0.05, 0.1) is 26.9 Å². The maximum Gasteiger partial charge on any atom is 0.342 e. The predicted molar refractivity (Wildman–Crippen MR) is 105 cm³/mol. The molecule has 1 atom stereocenters. The molecule has 28 heavy (non-hydrogen) atoms. The van der Waals surface area contributed by atoms with E-state index in [9.17, 15) is 9.59 Å². The second kappa shape index (κ2) is 9.41. The standard InChI is InChI=1S/C21H27NO6/c1-13-9-17(15(3)22(13)14(2)11-25-4)19(23)12-28-21(24)18-10-16(26-5)7-8-20(18)27-6/h7-10,14H,11-12H2,1-6H3/t14-/m1/s1. The first-order chi connectivity index (χ1) is 13.3. The molecule has 0 N–H and O–H groups in total. The number of Topliss-reactive ketones (excluding diaryl/α,β-unsaturated/α-hetero) is 1. The first kappa shape index (κ1) is 21.5. The van der Waals surface area contributed by atoms with Crippen molar-refractivity contribution in [2.24, 2.45) is 0 Å². The third-order valence-corrected chi connectivity index (χ3v) is 4.59. The number of aromatic nitrogens is 1. The van der Waals surface area contributed by atoms with Crippen LogP contribution in [0.3, 0.4) is 0 Å². The van der Waals surface area contributed by atoms with Gasteiger partial charge in [0.2, 0.25) is 5.78 Å². The molecule has 0 bridgehead atoms. The van der Waals surface area contributed by atoms with Crippen LogP contribution < -0.4 is 9.47 Å². The largest absolute Gasteiger partial charge is 0.497 e. The van der Waals surface area contributed by atoms with Gasteiger partial charge in [0, 0.05) is 24.1 Å². The molecule has 0 spiro atoms. The lowest BCUT2D eigenvalue weighted by atomic mass is 10.1. The SMILES string of the molecule is COC[C@@H](C)n1c(C)cc(C(=O)COC(=O)c2cc(OC)ccc2OC)c1C. The summed E-state index contributed by atoms with van der Waals surface area (Å²) in [7, 11) is 4.60. The van der Waals surface area contributed by atoms with Crippen LogP contribution in [0.5, 0.6) is 11.5 Å². The highest BCUT2D eigenvalue weighted by molar-refractivity contribution is 6.01. The molecule has 0 aliphatic rings. The topological polar surface area (TPSA) is 76.0 Å². The average Bonchev–Trinajstić information content (AvgIpc) is 2.99. The summed E-state index contributed by atoms with van der Waals surface area (Å²) < 4.78 is 22.8. The molecule has 0 saturated carbocycles. The van der Waals surface area contributed by atoms with Crippen molar-refractivity contribution in [1.29, 1.82) is 0 Å². The van der Waals surface area contributed by atoms with E-state index in [1.165, 1.54) is 20.3 Å². The molecule has 2 rings (SSSR count). The molecule has 0 amide bonds. The predicted octanol–water partition coefficient (Wildman–Crippen LogP) is 3.37. The van der Waals surface area contributed by atoms with Gasteiger partial charge in [0.25, 0.3) is 0 Å². The monoisotopic (exact) mass is 389 g/mol. The van der Waals surface area contributed by atoms with Crippen LogP contribution in [0.2, 0.25) is 0 Å². The lowest BCUT2D eigenvalue weighted by molar-refractivity contribution is 0.0471. The van der Waals surface area contributed by atoms with Crippen LogP contribution in [0.1, 0.15) is 45.1 Å². The van der Waals surface area contributed by atoms with Gasteiger partial charge in [0.15, 0.2) is 6.61 Å². The molecule has 7 heteroatoms. The van der Waals surface area contributed by atoms with Gasteiger partial charge in [-0.25, -0.2) is 4.79 Å². The highest BCUT2D eigenvalue weighted by atomic mass is 16.5. The Balaban J connectivity index is 2.15. The van der Waals surface area contributed by atoms with Crippen molar-refractivity contribution < 1.29 is 28.5 Å². The van der Waals surface area contributed by atoms with Crippen LogP contribution >= 0.6 is 0 Å². The molecular formula is C21H27NO6. The first-order valence-electron chi connectivity index (χ1n) is 8.93. The van der Waals surface area contributed by atoms with E-state index in [0.717, 1.165) is 11.4 Å². The van der Waals surface area contributed by atoms with E-state index >= 15 is 0 Å². The number of hydrogen-bond acceptors (Lipinski definition) is 6. The molecule has 0 unspecified atom stereocenters. The summed E-state index contributed by atoms with van der Waals surface area (Å²) in [5.41, 5.74) is 2.51. The van der Waals surface area contributed by atoms with E-state index in [4.69, 9.17) is 18.9 Å². The molecule has 1 aromatic carbocycles. The second-order valence-corrected chi connectivity index (χ2v) is 6.52. The number of ketones is 1. The van der Waals surface area contributed by atoms with E-state index < -0.39 is 5.97 Å². The third-order valence-electron chi connectivity index (χ3n) is 4.59. The third kappa shape index (κ3) is 4.54. The molecule has 0 aliphatic heterocycles. The minimum Gasteiger partial charge on any atom is -0.497 e. The molecule has 0 radical (unpaired) electrons. The smallest absolute Gasteiger partial charge is 0.342 e. The van der Waals surface area contributed by atoms with Crippen LogP contribution in [-0.4, -0.2) is 50.9 Å². The summed E-state index contributed by atoms with van der Waals surface area (Å²) in [6.07, 6.45) is 0.